The van der Waals surface area contributed by atoms with Gasteiger partial charge in [0.15, 0.2) is 9.84 Å². The van der Waals surface area contributed by atoms with Crippen molar-refractivity contribution in [2.45, 2.75) is 49.6 Å². The van der Waals surface area contributed by atoms with Gasteiger partial charge >= 0.3 is 0 Å². The van der Waals surface area contributed by atoms with Crippen LogP contribution in [-0.2, 0) is 22.7 Å². The molecule has 0 aromatic heterocycles. The maximum Gasteiger partial charge on any atom is 0.175 e. The van der Waals surface area contributed by atoms with Gasteiger partial charge in [0.2, 0.25) is 0 Å². The van der Waals surface area contributed by atoms with Crippen LogP contribution in [-0.4, -0.2) is 44.8 Å². The third-order valence-corrected chi connectivity index (χ3v) is 7.58. The van der Waals surface area contributed by atoms with Crippen molar-refractivity contribution in [1.82, 2.24) is 4.90 Å². The molecule has 0 spiro atoms. The maximum atomic E-state index is 11.6. The lowest BCUT2D eigenvalue weighted by atomic mass is 9.86. The Morgan fingerprint density at radius 3 is 2.63 bits per heavy atom. The summed E-state index contributed by atoms with van der Waals surface area (Å²) in [6.45, 7) is 3.95. The fourth-order valence-electron chi connectivity index (χ4n) is 4.89. The van der Waals surface area contributed by atoms with Crippen LogP contribution < -0.4 is 4.74 Å². The van der Waals surface area contributed by atoms with Crippen molar-refractivity contribution in [2.75, 3.05) is 19.4 Å². The summed E-state index contributed by atoms with van der Waals surface area (Å²) in [6.07, 6.45) is 5.55. The molecule has 1 heterocycles. The van der Waals surface area contributed by atoms with Crippen molar-refractivity contribution in [2.24, 2.45) is 5.92 Å². The average Bonchev–Trinajstić information content (AvgIpc) is 3.11. The summed E-state index contributed by atoms with van der Waals surface area (Å²) in [7, 11) is -3.18. The SMILES string of the molecule is C[C@@H]1C[C@H](COc2ccc(S(C)(=O)=O)cc2)CN1[C@@H]1CCc2ccc(C#N)cc2C1. The van der Waals surface area contributed by atoms with Crippen molar-refractivity contribution in [3.63, 3.8) is 0 Å². The summed E-state index contributed by atoms with van der Waals surface area (Å²) >= 11 is 0. The number of hydrogen-bond donors (Lipinski definition) is 0. The maximum absolute atomic E-state index is 11.6. The molecule has 1 aliphatic carbocycles. The minimum atomic E-state index is -3.18. The Balaban J connectivity index is 1.35. The van der Waals surface area contributed by atoms with E-state index in [4.69, 9.17) is 4.74 Å². The Hall–Kier alpha value is -2.36. The van der Waals surface area contributed by atoms with Crippen LogP contribution in [0.3, 0.4) is 0 Å². The molecule has 158 valence electrons. The average molecular weight is 425 g/mol. The van der Waals surface area contributed by atoms with Gasteiger partial charge in [0.1, 0.15) is 5.75 Å². The molecular weight excluding hydrogens is 396 g/mol. The normalized spacial score (nSPS) is 24.2. The van der Waals surface area contributed by atoms with Gasteiger partial charge in [0.25, 0.3) is 0 Å². The Morgan fingerprint density at radius 2 is 1.93 bits per heavy atom. The first-order valence-corrected chi connectivity index (χ1v) is 12.4. The first kappa shape index (κ1) is 20.9. The van der Waals surface area contributed by atoms with Crippen molar-refractivity contribution in [3.8, 4) is 11.8 Å². The molecule has 2 aromatic rings. The van der Waals surface area contributed by atoms with E-state index in [0.717, 1.165) is 37.8 Å². The summed E-state index contributed by atoms with van der Waals surface area (Å²) < 4.78 is 29.1. The number of aryl methyl sites for hydroxylation is 1. The van der Waals surface area contributed by atoms with Crippen LogP contribution in [0.25, 0.3) is 0 Å². The second kappa shape index (κ2) is 8.41. The Kier molecular flexibility index (Phi) is 5.86. The van der Waals surface area contributed by atoms with Crippen LogP contribution in [0.15, 0.2) is 47.4 Å². The first-order chi connectivity index (χ1) is 14.3. The van der Waals surface area contributed by atoms with Crippen LogP contribution in [0.2, 0.25) is 0 Å². The summed E-state index contributed by atoms with van der Waals surface area (Å²) in [5, 5.41) is 9.20. The van der Waals surface area contributed by atoms with E-state index in [1.165, 1.54) is 17.4 Å². The fourth-order valence-corrected chi connectivity index (χ4v) is 5.52. The molecule has 0 unspecified atom stereocenters. The Labute approximate surface area is 179 Å². The second-order valence-electron chi connectivity index (χ2n) is 8.69. The van der Waals surface area contributed by atoms with E-state index in [-0.39, 0.29) is 0 Å². The molecule has 0 saturated carbocycles. The molecule has 30 heavy (non-hydrogen) atoms. The number of sulfone groups is 1. The summed E-state index contributed by atoms with van der Waals surface area (Å²) in [5.41, 5.74) is 3.45. The molecule has 0 bridgehead atoms. The highest BCUT2D eigenvalue weighted by molar-refractivity contribution is 7.90. The zero-order valence-electron chi connectivity index (χ0n) is 17.5. The lowest BCUT2D eigenvalue weighted by Crippen LogP contribution is -2.41. The van der Waals surface area contributed by atoms with Crippen LogP contribution in [0.1, 0.15) is 36.5 Å². The van der Waals surface area contributed by atoms with Crippen molar-refractivity contribution < 1.29 is 13.2 Å². The summed E-state index contributed by atoms with van der Waals surface area (Å²) in [5.74, 6) is 1.17. The molecule has 6 heteroatoms. The quantitative estimate of drug-likeness (QED) is 0.733. The number of fused-ring (bicyclic) bond motifs is 1. The zero-order valence-corrected chi connectivity index (χ0v) is 18.4. The van der Waals surface area contributed by atoms with E-state index in [2.05, 4.69) is 30.0 Å². The van der Waals surface area contributed by atoms with E-state index in [1.54, 1.807) is 24.3 Å². The van der Waals surface area contributed by atoms with Crippen molar-refractivity contribution in [3.05, 3.63) is 59.2 Å². The number of likely N-dealkylation sites (tertiary alicyclic amines) is 1. The molecule has 0 N–H and O–H groups in total. The molecule has 2 aliphatic rings. The number of nitriles is 1. The molecule has 1 fully saturated rings. The third-order valence-electron chi connectivity index (χ3n) is 6.45. The van der Waals surface area contributed by atoms with Crippen LogP contribution in [0.5, 0.6) is 5.75 Å². The van der Waals surface area contributed by atoms with Gasteiger partial charge in [-0.2, -0.15) is 5.26 Å². The molecule has 1 aliphatic heterocycles. The smallest absolute Gasteiger partial charge is 0.175 e. The minimum Gasteiger partial charge on any atom is -0.493 e. The highest BCUT2D eigenvalue weighted by Gasteiger charge is 2.35. The van der Waals surface area contributed by atoms with E-state index < -0.39 is 9.84 Å². The predicted molar refractivity (Wildman–Crippen MR) is 116 cm³/mol. The number of benzene rings is 2. The topological polar surface area (TPSA) is 70.4 Å². The highest BCUT2D eigenvalue weighted by atomic mass is 32.2. The molecule has 2 aromatic carbocycles. The van der Waals surface area contributed by atoms with Crippen molar-refractivity contribution >= 4 is 9.84 Å². The molecule has 5 nitrogen and oxygen atoms in total. The fraction of sp³-hybridized carbons (Fsp3) is 0.458. The molecule has 4 rings (SSSR count). The molecule has 1 saturated heterocycles. The number of nitrogens with zero attached hydrogens (tertiary/aromatic N) is 2. The van der Waals surface area contributed by atoms with Crippen LogP contribution in [0, 0.1) is 17.2 Å². The summed E-state index contributed by atoms with van der Waals surface area (Å²) in [4.78, 5) is 2.93. The third kappa shape index (κ3) is 4.53. The van der Waals surface area contributed by atoms with Crippen LogP contribution >= 0.6 is 0 Å². The number of rotatable bonds is 5. The zero-order chi connectivity index (χ0) is 21.3. The highest BCUT2D eigenvalue weighted by Crippen LogP contribution is 2.32. The predicted octanol–water partition coefficient (Wildman–Crippen LogP) is 3.61. The van der Waals surface area contributed by atoms with Gasteiger partial charge in [0.05, 0.1) is 23.1 Å². The lowest BCUT2D eigenvalue weighted by molar-refractivity contribution is 0.164. The molecule has 0 radical (unpaired) electrons. The minimum absolute atomic E-state index is 0.313. The molecule has 0 amide bonds. The van der Waals surface area contributed by atoms with Crippen molar-refractivity contribution in [1.29, 1.82) is 5.26 Å². The summed E-state index contributed by atoms with van der Waals surface area (Å²) in [6, 6.07) is 16.0. The van der Waals surface area contributed by atoms with Gasteiger partial charge in [-0.05, 0) is 80.1 Å². The van der Waals surface area contributed by atoms with E-state index in [9.17, 15) is 13.7 Å². The standard InChI is InChI=1S/C24H28N2O3S/c1-17-11-19(16-29-23-7-9-24(10-8-23)30(2,27)28)15-26(17)22-6-5-20-4-3-18(14-25)12-21(20)13-22/h3-4,7-10,12,17,19,22H,5-6,11,13,15-16H2,1-2H3/t17-,19+,22-/m1/s1. The second-order valence-corrected chi connectivity index (χ2v) is 10.7. The lowest BCUT2D eigenvalue weighted by Gasteiger charge is -2.35. The Morgan fingerprint density at radius 1 is 1.17 bits per heavy atom. The van der Waals surface area contributed by atoms with Gasteiger partial charge in [-0.1, -0.05) is 6.07 Å². The largest absolute Gasteiger partial charge is 0.493 e. The monoisotopic (exact) mass is 424 g/mol. The first-order valence-electron chi connectivity index (χ1n) is 10.5. The number of ether oxygens (including phenoxy) is 1. The van der Waals surface area contributed by atoms with Gasteiger partial charge in [-0.25, -0.2) is 8.42 Å². The van der Waals surface area contributed by atoms with E-state index >= 15 is 0 Å². The Bertz CT molecular complexity index is 1060. The van der Waals surface area contributed by atoms with E-state index in [1.807, 2.05) is 6.07 Å². The number of hydrogen-bond acceptors (Lipinski definition) is 5. The van der Waals surface area contributed by atoms with Gasteiger partial charge in [0, 0.05) is 30.8 Å². The van der Waals surface area contributed by atoms with Gasteiger partial charge in [-0.15, -0.1) is 0 Å². The van der Waals surface area contributed by atoms with E-state index in [0.29, 0.717) is 35.3 Å². The van der Waals surface area contributed by atoms with Gasteiger partial charge in [-0.3, -0.25) is 4.90 Å². The van der Waals surface area contributed by atoms with Gasteiger partial charge < -0.3 is 4.74 Å². The molecule has 3 atom stereocenters. The van der Waals surface area contributed by atoms with Crippen LogP contribution in [0.4, 0.5) is 0 Å². The molecular formula is C24H28N2O3S.